The molecule has 0 spiro atoms. The van der Waals surface area contributed by atoms with Gasteiger partial charge >= 0.3 is 10.2 Å². The molecule has 11 heteroatoms. The number of hydrogen-bond acceptors (Lipinski definition) is 6. The van der Waals surface area contributed by atoms with Crippen molar-refractivity contribution in [1.29, 1.82) is 0 Å². The van der Waals surface area contributed by atoms with Crippen molar-refractivity contribution in [3.63, 3.8) is 0 Å². The smallest absolute Gasteiger partial charge is 0.301 e. The van der Waals surface area contributed by atoms with Crippen LogP contribution in [-0.2, 0) is 21.4 Å². The van der Waals surface area contributed by atoms with E-state index in [2.05, 4.69) is 25.0 Å². The fourth-order valence-electron chi connectivity index (χ4n) is 2.96. The summed E-state index contributed by atoms with van der Waals surface area (Å²) in [6, 6.07) is 10.5. The van der Waals surface area contributed by atoms with Crippen molar-refractivity contribution < 1.29 is 13.2 Å². The first-order chi connectivity index (χ1) is 14.8. The molecule has 3 aromatic heterocycles. The van der Waals surface area contributed by atoms with Crippen LogP contribution in [0, 0.1) is 0 Å². The first-order valence-corrected chi connectivity index (χ1v) is 11.6. The summed E-state index contributed by atoms with van der Waals surface area (Å²) in [7, 11) is -0.734. The van der Waals surface area contributed by atoms with Crippen LogP contribution in [-0.4, -0.2) is 47.7 Å². The third kappa shape index (κ3) is 4.74. The lowest BCUT2D eigenvalue weighted by Crippen LogP contribution is -2.28. The largest absolute Gasteiger partial charge is 0.345 e. The summed E-state index contributed by atoms with van der Waals surface area (Å²) in [4.78, 5) is 24.4. The van der Waals surface area contributed by atoms with E-state index >= 15 is 0 Å². The Balaban J connectivity index is 1.44. The normalized spacial score (nSPS) is 11.7. The number of amides is 1. The lowest BCUT2D eigenvalue weighted by molar-refractivity contribution is -0.115. The molecule has 0 atom stereocenters. The molecule has 31 heavy (non-hydrogen) atoms. The molecule has 0 aliphatic carbocycles. The van der Waals surface area contributed by atoms with E-state index in [1.54, 1.807) is 30.5 Å². The highest BCUT2D eigenvalue weighted by Gasteiger charge is 2.15. The van der Waals surface area contributed by atoms with Gasteiger partial charge in [0.05, 0.1) is 17.8 Å². The highest BCUT2D eigenvalue weighted by molar-refractivity contribution is 7.90. The minimum absolute atomic E-state index is 0.0868. The number of nitrogens with one attached hydrogen (secondary N) is 3. The maximum atomic E-state index is 12.5. The zero-order chi connectivity index (χ0) is 22.0. The summed E-state index contributed by atoms with van der Waals surface area (Å²) in [5, 5.41) is 6.13. The molecule has 0 unspecified atom stereocenters. The Morgan fingerprint density at radius 1 is 1.23 bits per heavy atom. The van der Waals surface area contributed by atoms with Gasteiger partial charge in [-0.15, -0.1) is 11.3 Å². The molecular weight excluding hydrogens is 436 g/mol. The van der Waals surface area contributed by atoms with Gasteiger partial charge in [0.1, 0.15) is 5.65 Å². The quantitative estimate of drug-likeness (QED) is 0.395. The number of nitrogens with zero attached hydrogens (tertiary/aromatic N) is 3. The number of anilines is 2. The molecule has 0 bridgehead atoms. The molecule has 3 heterocycles. The van der Waals surface area contributed by atoms with E-state index in [1.807, 2.05) is 23.7 Å². The monoisotopic (exact) mass is 456 g/mol. The summed E-state index contributed by atoms with van der Waals surface area (Å²) in [6.45, 7) is 0. The Morgan fingerprint density at radius 3 is 2.87 bits per heavy atom. The van der Waals surface area contributed by atoms with Gasteiger partial charge in [0.15, 0.2) is 5.13 Å². The van der Waals surface area contributed by atoms with E-state index in [4.69, 9.17) is 0 Å². The van der Waals surface area contributed by atoms with Gasteiger partial charge in [0.25, 0.3) is 0 Å². The first kappa shape index (κ1) is 21.0. The summed E-state index contributed by atoms with van der Waals surface area (Å²) in [5.74, 6) is -0.242. The topological polar surface area (TPSA) is 120 Å². The van der Waals surface area contributed by atoms with Crippen LogP contribution in [0.3, 0.4) is 0 Å². The van der Waals surface area contributed by atoms with E-state index in [9.17, 15) is 13.2 Å². The van der Waals surface area contributed by atoms with Gasteiger partial charge in [-0.1, -0.05) is 12.1 Å². The molecule has 0 fully saturated rings. The second kappa shape index (κ2) is 8.46. The van der Waals surface area contributed by atoms with E-state index in [0.717, 1.165) is 26.6 Å². The molecule has 4 aromatic rings. The number of aromatic nitrogens is 3. The van der Waals surface area contributed by atoms with E-state index < -0.39 is 10.2 Å². The van der Waals surface area contributed by atoms with E-state index in [1.165, 1.54) is 25.4 Å². The Labute approximate surface area is 183 Å². The van der Waals surface area contributed by atoms with Gasteiger partial charge in [-0.05, 0) is 29.8 Å². The van der Waals surface area contributed by atoms with Crippen molar-refractivity contribution in [3.05, 3.63) is 59.7 Å². The van der Waals surface area contributed by atoms with Crippen LogP contribution >= 0.6 is 11.3 Å². The predicted molar refractivity (Wildman–Crippen MR) is 122 cm³/mol. The predicted octanol–water partition coefficient (Wildman–Crippen LogP) is 3.09. The first-order valence-electron chi connectivity index (χ1n) is 9.29. The molecule has 1 amide bonds. The van der Waals surface area contributed by atoms with Crippen molar-refractivity contribution in [2.24, 2.45) is 0 Å². The standard InChI is InChI=1S/C20H20N6O3S2/c1-26(2)31(28,29)25-14-6-3-5-13(9-14)10-18(27)24-20-23-17(12-30-20)16-11-22-19-15(16)7-4-8-21-19/h3-9,11-12,25H,10H2,1-2H3,(H,21,22)(H,23,24,27). The summed E-state index contributed by atoms with van der Waals surface area (Å²) < 4.78 is 27.5. The number of benzene rings is 1. The fourth-order valence-corrected chi connectivity index (χ4v) is 4.29. The van der Waals surface area contributed by atoms with Crippen molar-refractivity contribution in [2.75, 3.05) is 24.1 Å². The second-order valence-electron chi connectivity index (χ2n) is 6.95. The Bertz CT molecular complexity index is 1340. The van der Waals surface area contributed by atoms with Gasteiger partial charge in [0, 0.05) is 42.8 Å². The van der Waals surface area contributed by atoms with Gasteiger partial charge in [-0.3, -0.25) is 9.52 Å². The van der Waals surface area contributed by atoms with Crippen LogP contribution in [0.1, 0.15) is 5.56 Å². The summed E-state index contributed by atoms with van der Waals surface area (Å²) >= 11 is 1.33. The van der Waals surface area contributed by atoms with Gasteiger partial charge in [-0.25, -0.2) is 9.97 Å². The lowest BCUT2D eigenvalue weighted by atomic mass is 10.1. The van der Waals surface area contributed by atoms with Crippen molar-refractivity contribution in [2.45, 2.75) is 6.42 Å². The number of rotatable bonds is 7. The molecule has 1 aromatic carbocycles. The van der Waals surface area contributed by atoms with Crippen LogP contribution in [0.4, 0.5) is 10.8 Å². The average Bonchev–Trinajstić information content (AvgIpc) is 3.34. The third-order valence-electron chi connectivity index (χ3n) is 4.50. The lowest BCUT2D eigenvalue weighted by Gasteiger charge is -2.14. The maximum absolute atomic E-state index is 12.5. The van der Waals surface area contributed by atoms with Crippen LogP contribution in [0.25, 0.3) is 22.3 Å². The second-order valence-corrected chi connectivity index (χ2v) is 9.70. The van der Waals surface area contributed by atoms with Crippen LogP contribution in [0.5, 0.6) is 0 Å². The number of hydrogen-bond donors (Lipinski definition) is 3. The molecule has 9 nitrogen and oxygen atoms in total. The van der Waals surface area contributed by atoms with E-state index in [0.29, 0.717) is 16.4 Å². The molecule has 3 N–H and O–H groups in total. The number of aromatic amines is 1. The number of carbonyl (C=O) groups excluding carboxylic acids is 1. The Kier molecular flexibility index (Phi) is 5.72. The summed E-state index contributed by atoms with van der Waals surface area (Å²) in [5.41, 5.74) is 3.51. The number of fused-ring (bicyclic) bond motifs is 1. The molecule has 0 saturated heterocycles. The van der Waals surface area contributed by atoms with Crippen molar-refractivity contribution in [3.8, 4) is 11.3 Å². The van der Waals surface area contributed by atoms with Crippen LogP contribution < -0.4 is 10.0 Å². The van der Waals surface area contributed by atoms with Crippen LogP contribution in [0.2, 0.25) is 0 Å². The third-order valence-corrected chi connectivity index (χ3v) is 6.71. The van der Waals surface area contributed by atoms with Gasteiger partial charge in [-0.2, -0.15) is 12.7 Å². The van der Waals surface area contributed by atoms with Crippen molar-refractivity contribution >= 4 is 49.3 Å². The maximum Gasteiger partial charge on any atom is 0.301 e. The van der Waals surface area contributed by atoms with Gasteiger partial charge in [0.2, 0.25) is 5.91 Å². The molecule has 0 aliphatic rings. The Hall–Kier alpha value is -3.28. The number of H-pyrrole nitrogens is 1. The highest BCUT2D eigenvalue weighted by atomic mass is 32.2. The molecule has 160 valence electrons. The minimum atomic E-state index is -3.61. The fraction of sp³-hybridized carbons (Fsp3) is 0.150. The van der Waals surface area contributed by atoms with E-state index in [-0.39, 0.29) is 12.3 Å². The molecule has 0 aliphatic heterocycles. The Morgan fingerprint density at radius 2 is 2.06 bits per heavy atom. The summed E-state index contributed by atoms with van der Waals surface area (Å²) in [6.07, 6.45) is 3.65. The average molecular weight is 457 g/mol. The van der Waals surface area contributed by atoms with Crippen LogP contribution in [0.15, 0.2) is 54.2 Å². The molecule has 0 saturated carbocycles. The van der Waals surface area contributed by atoms with Gasteiger partial charge < -0.3 is 10.3 Å². The molecule has 0 radical (unpaired) electrons. The number of pyridine rings is 1. The SMILES string of the molecule is CN(C)S(=O)(=O)Nc1cccc(CC(=O)Nc2nc(-c3c[nH]c4ncccc34)cs2)c1. The molecule has 4 rings (SSSR count). The zero-order valence-corrected chi connectivity index (χ0v) is 18.4. The zero-order valence-electron chi connectivity index (χ0n) is 16.8. The van der Waals surface area contributed by atoms with Crippen molar-refractivity contribution in [1.82, 2.24) is 19.3 Å². The minimum Gasteiger partial charge on any atom is -0.345 e. The highest BCUT2D eigenvalue weighted by Crippen LogP contribution is 2.30. The number of carbonyl (C=O) groups is 1. The molecular formula is C20H20N6O3S2. The number of thiazole rings is 1.